The van der Waals surface area contributed by atoms with Gasteiger partial charge >= 0.3 is 5.97 Å². The molecule has 4 saturated carbocycles. The Hall–Kier alpha value is -1.93. The van der Waals surface area contributed by atoms with Crippen LogP contribution < -0.4 is 5.32 Å². The summed E-state index contributed by atoms with van der Waals surface area (Å²) < 4.78 is 0. The highest BCUT2D eigenvalue weighted by molar-refractivity contribution is 5.83. The Morgan fingerprint density at radius 1 is 1.11 bits per heavy atom. The maximum atomic E-state index is 12.7. The van der Waals surface area contributed by atoms with Crippen molar-refractivity contribution in [3.8, 4) is 0 Å². The molecule has 5 N–H and O–H groups in total. The van der Waals surface area contributed by atoms with Gasteiger partial charge in [0.05, 0.1) is 18.5 Å². The van der Waals surface area contributed by atoms with Crippen molar-refractivity contribution >= 4 is 11.9 Å². The van der Waals surface area contributed by atoms with Gasteiger partial charge in [-0.2, -0.15) is 0 Å². The number of nitrogens with one attached hydrogen (secondary N) is 2. The van der Waals surface area contributed by atoms with Gasteiger partial charge in [-0.1, -0.05) is 20.8 Å². The van der Waals surface area contributed by atoms with E-state index in [0.717, 1.165) is 51.4 Å². The van der Waals surface area contributed by atoms with E-state index in [1.807, 2.05) is 0 Å². The average molecular weight is 530 g/mol. The Bertz CT molecular complexity index is 1000. The third-order valence-electron chi connectivity index (χ3n) is 11.9. The number of aromatic amines is 1. The number of fused-ring (bicyclic) bond motifs is 5. The van der Waals surface area contributed by atoms with Crippen molar-refractivity contribution in [3.63, 3.8) is 0 Å². The molecule has 5 rings (SSSR count). The smallest absolute Gasteiger partial charge is 0.326 e. The van der Waals surface area contributed by atoms with Gasteiger partial charge < -0.3 is 25.6 Å². The third-order valence-corrected chi connectivity index (χ3v) is 11.9. The number of carbonyl (C=O) groups excluding carboxylic acids is 1. The number of aromatic nitrogens is 2. The topological polar surface area (TPSA) is 136 Å². The lowest BCUT2D eigenvalue weighted by Gasteiger charge is -2.62. The van der Waals surface area contributed by atoms with Crippen LogP contribution in [0, 0.1) is 46.3 Å². The van der Waals surface area contributed by atoms with Gasteiger partial charge in [-0.15, -0.1) is 0 Å². The Balaban J connectivity index is 1.21. The molecule has 0 aliphatic heterocycles. The molecule has 0 saturated heterocycles. The van der Waals surface area contributed by atoms with Gasteiger partial charge in [0, 0.05) is 24.7 Å². The molecule has 1 unspecified atom stereocenters. The minimum atomic E-state index is -1.04. The number of carboxylic acids is 1. The first-order valence-corrected chi connectivity index (χ1v) is 14.9. The quantitative estimate of drug-likeness (QED) is 0.346. The Labute approximate surface area is 226 Å². The first-order chi connectivity index (χ1) is 18.0. The molecule has 1 aromatic heterocycles. The van der Waals surface area contributed by atoms with Crippen molar-refractivity contribution < 1.29 is 24.9 Å². The number of aliphatic carboxylic acids is 1. The van der Waals surface area contributed by atoms with Crippen molar-refractivity contribution in [1.82, 2.24) is 15.3 Å². The molecule has 0 aromatic carbocycles. The number of H-pyrrole nitrogens is 1. The lowest BCUT2D eigenvalue weighted by atomic mass is 9.43. The van der Waals surface area contributed by atoms with Crippen LogP contribution in [-0.4, -0.2) is 55.4 Å². The molecule has 4 aliphatic rings. The summed E-state index contributed by atoms with van der Waals surface area (Å²) in [6, 6.07) is -0.971. The first-order valence-electron chi connectivity index (χ1n) is 14.9. The predicted octanol–water partition coefficient (Wildman–Crippen LogP) is 3.93. The van der Waals surface area contributed by atoms with Crippen LogP contribution in [0.1, 0.15) is 90.7 Å². The maximum absolute atomic E-state index is 12.7. The number of nitrogens with zero attached hydrogens (tertiary/aromatic N) is 1. The summed E-state index contributed by atoms with van der Waals surface area (Å²) in [5.74, 6) is 1.41. The van der Waals surface area contributed by atoms with Crippen LogP contribution in [0.3, 0.4) is 0 Å². The van der Waals surface area contributed by atoms with Crippen LogP contribution in [-0.2, 0) is 16.0 Å². The molecule has 8 heteroatoms. The standard InChI is InChI=1S/C30H47N3O5/c1-17(4-7-26(36)33-24(28(37)38)14-19-15-31-16-32-19)21-5-6-22-27-23(9-11-30(21,22)3)29(2)10-8-20(34)12-18(29)13-25(27)35/h15-18,20-25,27,34-35H,4-14H2,1-3H3,(H,31,32)(H,33,36)(H,37,38)/t17-,18+,20-,21-,22+,23+,24?,25-,27+,29+,30-/m1/s1. The van der Waals surface area contributed by atoms with E-state index in [-0.39, 0.29) is 35.4 Å². The lowest BCUT2D eigenvalue weighted by molar-refractivity contribution is -0.174. The predicted molar refractivity (Wildman–Crippen MR) is 143 cm³/mol. The number of hydrogen-bond acceptors (Lipinski definition) is 5. The number of carboxylic acid groups (broad SMARTS) is 1. The molecule has 8 nitrogen and oxygen atoms in total. The van der Waals surface area contributed by atoms with E-state index in [9.17, 15) is 24.9 Å². The second-order valence-corrected chi connectivity index (χ2v) is 13.7. The summed E-state index contributed by atoms with van der Waals surface area (Å²) >= 11 is 0. The van der Waals surface area contributed by atoms with Crippen LogP contribution >= 0.6 is 0 Å². The molecule has 4 aliphatic carbocycles. The second kappa shape index (κ2) is 10.6. The van der Waals surface area contributed by atoms with Crippen LogP contribution in [0.2, 0.25) is 0 Å². The lowest BCUT2D eigenvalue weighted by Crippen LogP contribution is -2.58. The van der Waals surface area contributed by atoms with E-state index in [1.165, 1.54) is 12.7 Å². The molecule has 1 heterocycles. The molecule has 1 amide bonds. The largest absolute Gasteiger partial charge is 0.480 e. The molecular formula is C30H47N3O5. The third kappa shape index (κ3) is 4.91. The number of aliphatic hydroxyl groups is 2. The summed E-state index contributed by atoms with van der Waals surface area (Å²) in [5, 5.41) is 34.0. The zero-order valence-electron chi connectivity index (χ0n) is 23.2. The Kier molecular flexibility index (Phi) is 7.68. The summed E-state index contributed by atoms with van der Waals surface area (Å²) in [6.45, 7) is 7.15. The minimum absolute atomic E-state index is 0.166. The molecule has 0 bridgehead atoms. The van der Waals surface area contributed by atoms with Crippen molar-refractivity contribution in [1.29, 1.82) is 0 Å². The van der Waals surface area contributed by atoms with Crippen molar-refractivity contribution in [2.75, 3.05) is 0 Å². The molecule has 0 spiro atoms. The summed E-state index contributed by atoms with van der Waals surface area (Å²) in [7, 11) is 0. The zero-order valence-corrected chi connectivity index (χ0v) is 23.2. The fourth-order valence-corrected chi connectivity index (χ4v) is 9.82. The number of hydrogen-bond donors (Lipinski definition) is 5. The van der Waals surface area contributed by atoms with Crippen LogP contribution in [0.25, 0.3) is 0 Å². The first kappa shape index (κ1) is 27.6. The fourth-order valence-electron chi connectivity index (χ4n) is 9.82. The second-order valence-electron chi connectivity index (χ2n) is 13.7. The van der Waals surface area contributed by atoms with Gasteiger partial charge in [-0.25, -0.2) is 9.78 Å². The van der Waals surface area contributed by atoms with Gasteiger partial charge in [0.25, 0.3) is 0 Å². The molecule has 212 valence electrons. The summed E-state index contributed by atoms with van der Waals surface area (Å²) in [4.78, 5) is 31.3. The number of aliphatic hydroxyl groups excluding tert-OH is 2. The van der Waals surface area contributed by atoms with E-state index in [4.69, 9.17) is 0 Å². The van der Waals surface area contributed by atoms with Gasteiger partial charge in [-0.05, 0) is 104 Å². The van der Waals surface area contributed by atoms with E-state index in [2.05, 4.69) is 36.1 Å². The van der Waals surface area contributed by atoms with Crippen molar-refractivity contribution in [2.24, 2.45) is 46.3 Å². The molecule has 38 heavy (non-hydrogen) atoms. The summed E-state index contributed by atoms with van der Waals surface area (Å²) in [6.07, 6.45) is 12.1. The number of carbonyl (C=O) groups is 2. The van der Waals surface area contributed by atoms with E-state index < -0.39 is 12.0 Å². The van der Waals surface area contributed by atoms with E-state index >= 15 is 0 Å². The highest BCUT2D eigenvalue weighted by atomic mass is 16.4. The number of imidazole rings is 1. The summed E-state index contributed by atoms with van der Waals surface area (Å²) in [5.41, 5.74) is 1.07. The highest BCUT2D eigenvalue weighted by Gasteiger charge is 2.62. The SMILES string of the molecule is C[C@H](CCC(=O)NC(Cc1cnc[nH]1)C(=O)O)[C@H]1CC[C@H]2[C@@H]3[C@H](O)C[C@@H]4C[C@H](O)CC[C@]4(C)[C@H]3CC[C@]12C. The normalized spacial score (nSPS) is 41.9. The Morgan fingerprint density at radius 3 is 2.55 bits per heavy atom. The molecule has 11 atom stereocenters. The monoisotopic (exact) mass is 529 g/mol. The maximum Gasteiger partial charge on any atom is 0.326 e. The minimum Gasteiger partial charge on any atom is -0.480 e. The highest BCUT2D eigenvalue weighted by Crippen LogP contribution is 2.68. The molecule has 1 aromatic rings. The van der Waals surface area contributed by atoms with E-state index in [0.29, 0.717) is 47.6 Å². The van der Waals surface area contributed by atoms with Crippen molar-refractivity contribution in [3.05, 3.63) is 18.2 Å². The molecular weight excluding hydrogens is 482 g/mol. The van der Waals surface area contributed by atoms with Gasteiger partial charge in [0.1, 0.15) is 6.04 Å². The van der Waals surface area contributed by atoms with Gasteiger partial charge in [-0.3, -0.25) is 4.79 Å². The van der Waals surface area contributed by atoms with Crippen molar-refractivity contribution in [2.45, 2.75) is 110 Å². The van der Waals surface area contributed by atoms with Crippen LogP contribution in [0.4, 0.5) is 0 Å². The van der Waals surface area contributed by atoms with Gasteiger partial charge in [0.15, 0.2) is 0 Å². The van der Waals surface area contributed by atoms with Gasteiger partial charge in [0.2, 0.25) is 5.91 Å². The zero-order chi connectivity index (χ0) is 27.2. The number of rotatable bonds is 8. The van der Waals surface area contributed by atoms with Crippen LogP contribution in [0.15, 0.2) is 12.5 Å². The Morgan fingerprint density at radius 2 is 1.84 bits per heavy atom. The molecule has 0 radical (unpaired) electrons. The van der Waals surface area contributed by atoms with E-state index in [1.54, 1.807) is 6.20 Å². The average Bonchev–Trinajstić information content (AvgIpc) is 3.50. The van der Waals surface area contributed by atoms with Crippen LogP contribution in [0.5, 0.6) is 0 Å². The number of amides is 1. The fraction of sp³-hybridized carbons (Fsp3) is 0.833. The molecule has 4 fully saturated rings.